The average molecular weight is 757 g/mol. The molecule has 296 valence electrons. The molecule has 2 saturated carbocycles. The van der Waals surface area contributed by atoms with E-state index in [0.717, 1.165) is 86.4 Å². The van der Waals surface area contributed by atoms with Crippen LogP contribution in [0.25, 0.3) is 11.3 Å². The van der Waals surface area contributed by atoms with E-state index in [1.165, 1.54) is 19.8 Å². The van der Waals surface area contributed by atoms with Gasteiger partial charge in [0.05, 0.1) is 38.2 Å². The predicted molar refractivity (Wildman–Crippen MR) is 205 cm³/mol. The summed E-state index contributed by atoms with van der Waals surface area (Å²) in [6.07, 6.45) is 11.4. The summed E-state index contributed by atoms with van der Waals surface area (Å²) in [6.45, 7) is 8.91. The van der Waals surface area contributed by atoms with Crippen LogP contribution in [0.15, 0.2) is 36.7 Å². The molecule has 3 aromatic rings. The fraction of sp³-hybridized carbons (Fsp3) is 0.610. The van der Waals surface area contributed by atoms with Crippen LogP contribution < -0.4 is 10.6 Å². The molecule has 2 saturated heterocycles. The number of aromatic amines is 2. The van der Waals surface area contributed by atoms with Gasteiger partial charge < -0.3 is 39.9 Å². The first kappa shape index (κ1) is 38.4. The number of ether oxygens (including phenoxy) is 2. The molecule has 4 heterocycles. The van der Waals surface area contributed by atoms with Crippen LogP contribution in [0.3, 0.4) is 0 Å². The number of methoxy groups -OCH3 is 2. The molecule has 4 aliphatic rings. The predicted octanol–water partition coefficient (Wildman–Crippen LogP) is 6.04. The normalized spacial score (nSPS) is 25.7. The molecule has 4 N–H and O–H groups in total. The molecule has 2 aromatic heterocycles. The number of H-pyrrole nitrogens is 2. The van der Waals surface area contributed by atoms with Gasteiger partial charge in [-0.1, -0.05) is 52.0 Å². The maximum Gasteiger partial charge on any atom is 0.407 e. The molecular formula is C41H56N8O6. The molecule has 2 aliphatic carbocycles. The van der Waals surface area contributed by atoms with Gasteiger partial charge in [-0.15, -0.1) is 0 Å². The highest BCUT2D eigenvalue weighted by atomic mass is 16.5. The summed E-state index contributed by atoms with van der Waals surface area (Å²) >= 11 is 0. The number of carbonyl (C=O) groups excluding carboxylic acids is 4. The molecule has 4 fully saturated rings. The Morgan fingerprint density at radius 1 is 0.727 bits per heavy atom. The second-order valence-electron chi connectivity index (χ2n) is 16.8. The van der Waals surface area contributed by atoms with E-state index in [-0.39, 0.29) is 46.6 Å². The van der Waals surface area contributed by atoms with Gasteiger partial charge in [-0.05, 0) is 86.2 Å². The molecule has 2 bridgehead atoms. The lowest BCUT2D eigenvalue weighted by Gasteiger charge is -2.30. The van der Waals surface area contributed by atoms with Crippen LogP contribution in [0.2, 0.25) is 0 Å². The molecule has 1 aromatic carbocycles. The minimum Gasteiger partial charge on any atom is -0.453 e. The zero-order chi connectivity index (χ0) is 39.1. The van der Waals surface area contributed by atoms with Gasteiger partial charge in [0.2, 0.25) is 11.8 Å². The van der Waals surface area contributed by atoms with Crippen LogP contribution in [-0.2, 0) is 29.9 Å². The summed E-state index contributed by atoms with van der Waals surface area (Å²) < 4.78 is 9.57. The van der Waals surface area contributed by atoms with Crippen molar-refractivity contribution in [2.45, 2.75) is 120 Å². The number of imidazole rings is 2. The van der Waals surface area contributed by atoms with Crippen molar-refractivity contribution in [2.75, 3.05) is 27.3 Å². The van der Waals surface area contributed by atoms with E-state index in [4.69, 9.17) is 19.4 Å². The topological polar surface area (TPSA) is 175 Å². The van der Waals surface area contributed by atoms with Gasteiger partial charge in [-0.2, -0.15) is 0 Å². The summed E-state index contributed by atoms with van der Waals surface area (Å²) in [5, 5.41) is 5.45. The smallest absolute Gasteiger partial charge is 0.407 e. The third-order valence-corrected chi connectivity index (χ3v) is 12.9. The number of hydrogen-bond acceptors (Lipinski definition) is 8. The van der Waals surface area contributed by atoms with Gasteiger partial charge in [0.1, 0.15) is 23.7 Å². The van der Waals surface area contributed by atoms with Gasteiger partial charge >= 0.3 is 12.2 Å². The summed E-state index contributed by atoms with van der Waals surface area (Å²) in [4.78, 5) is 71.8. The number of rotatable bonds is 11. The van der Waals surface area contributed by atoms with E-state index in [2.05, 4.69) is 44.9 Å². The second kappa shape index (κ2) is 15.3. The number of likely N-dealkylation sites (tertiary alicyclic amines) is 2. The molecule has 4 amide bonds. The highest BCUT2D eigenvalue weighted by Crippen LogP contribution is 2.62. The van der Waals surface area contributed by atoms with Gasteiger partial charge in [0.15, 0.2) is 0 Å². The largest absolute Gasteiger partial charge is 0.453 e. The summed E-state index contributed by atoms with van der Waals surface area (Å²) in [6, 6.07) is 7.19. The summed E-state index contributed by atoms with van der Waals surface area (Å²) in [7, 11) is 2.61. The van der Waals surface area contributed by atoms with E-state index in [1.54, 1.807) is 0 Å². The molecule has 14 nitrogen and oxygen atoms in total. The Morgan fingerprint density at radius 3 is 1.73 bits per heavy atom. The van der Waals surface area contributed by atoms with Gasteiger partial charge in [-0.25, -0.2) is 19.6 Å². The SMILES string of the molecule is COC(=O)NC(C(=O)N1CCC[C@H]1c1ncc(C23CCC(c4ccc(-c5cnc([C@@H]6CCCN6C(=O)[C@H](NC(=O)OC)C(C)C)[nH]5)cc4)(CC2)C3)[nH]1)C(C)C. The zero-order valence-corrected chi connectivity index (χ0v) is 32.9. The van der Waals surface area contributed by atoms with Crippen molar-refractivity contribution in [3.05, 3.63) is 59.6 Å². The molecular weight excluding hydrogens is 701 g/mol. The lowest BCUT2D eigenvalue weighted by molar-refractivity contribution is -0.136. The van der Waals surface area contributed by atoms with Crippen molar-refractivity contribution in [1.29, 1.82) is 0 Å². The molecule has 4 atom stereocenters. The van der Waals surface area contributed by atoms with E-state index < -0.39 is 24.3 Å². The number of nitrogens with zero attached hydrogens (tertiary/aromatic N) is 4. The standard InChI is InChI=1S/C41H56N8O6/c1-24(2)32(46-38(52)54-5)36(50)48-19-7-9-29(48)34-42-21-28(44-34)26-11-13-27(14-12-26)40-15-17-41(23-40,18-16-40)31-22-43-35(45-31)30-10-8-20-49(30)37(51)33(25(3)4)47-39(53)55-6/h11-14,21-22,24-25,29-30,32-33H,7-10,15-20,23H2,1-6H3,(H,42,44)(H,43,45)(H,46,52)(H,47,53)/t29-,30-,32+,33?,40?,41?/m0/s1. The third-order valence-electron chi connectivity index (χ3n) is 12.9. The minimum absolute atomic E-state index is 0.0219. The van der Waals surface area contributed by atoms with Gasteiger partial charge in [0.25, 0.3) is 0 Å². The van der Waals surface area contributed by atoms with Crippen LogP contribution >= 0.6 is 0 Å². The second-order valence-corrected chi connectivity index (χ2v) is 16.8. The van der Waals surface area contributed by atoms with Gasteiger partial charge in [0, 0.05) is 30.4 Å². The van der Waals surface area contributed by atoms with Gasteiger partial charge in [-0.3, -0.25) is 9.59 Å². The Labute approximate surface area is 322 Å². The van der Waals surface area contributed by atoms with E-state index in [9.17, 15) is 19.2 Å². The van der Waals surface area contributed by atoms with Crippen LogP contribution in [-0.4, -0.2) is 93.1 Å². The number of benzene rings is 1. The van der Waals surface area contributed by atoms with Crippen molar-refractivity contribution >= 4 is 24.0 Å². The molecule has 14 heteroatoms. The third kappa shape index (κ3) is 7.19. The molecule has 2 aliphatic heterocycles. The molecule has 1 unspecified atom stereocenters. The van der Waals surface area contributed by atoms with E-state index >= 15 is 0 Å². The quantitative estimate of drug-likeness (QED) is 0.183. The van der Waals surface area contributed by atoms with Crippen molar-refractivity contribution < 1.29 is 28.7 Å². The Hall–Kier alpha value is -4.88. The van der Waals surface area contributed by atoms with Crippen molar-refractivity contribution in [3.8, 4) is 11.3 Å². The number of alkyl carbamates (subject to hydrolysis) is 2. The Bertz CT molecular complexity index is 1880. The highest BCUT2D eigenvalue weighted by molar-refractivity contribution is 5.87. The van der Waals surface area contributed by atoms with Crippen molar-refractivity contribution in [1.82, 2.24) is 40.4 Å². The maximum absolute atomic E-state index is 13.7. The lowest BCUT2D eigenvalue weighted by Crippen LogP contribution is -2.51. The molecule has 0 spiro atoms. The van der Waals surface area contributed by atoms with E-state index in [1.807, 2.05) is 49.9 Å². The van der Waals surface area contributed by atoms with Crippen LogP contribution in [0, 0.1) is 11.8 Å². The summed E-state index contributed by atoms with van der Waals surface area (Å²) in [5.74, 6) is 1.17. The van der Waals surface area contributed by atoms with E-state index in [0.29, 0.717) is 13.1 Å². The van der Waals surface area contributed by atoms with Crippen molar-refractivity contribution in [2.24, 2.45) is 11.8 Å². The first-order chi connectivity index (χ1) is 26.4. The monoisotopic (exact) mass is 756 g/mol. The fourth-order valence-electron chi connectivity index (χ4n) is 9.78. The highest BCUT2D eigenvalue weighted by Gasteiger charge is 2.56. The lowest BCUT2D eigenvalue weighted by atomic mass is 9.77. The Morgan fingerprint density at radius 2 is 1.22 bits per heavy atom. The van der Waals surface area contributed by atoms with Crippen LogP contribution in [0.4, 0.5) is 9.59 Å². The maximum atomic E-state index is 13.7. The van der Waals surface area contributed by atoms with Crippen LogP contribution in [0.1, 0.15) is 120 Å². The molecule has 0 radical (unpaired) electrons. The number of amides is 4. The first-order valence-corrected chi connectivity index (χ1v) is 19.9. The number of carbonyl (C=O) groups is 4. The van der Waals surface area contributed by atoms with Crippen LogP contribution in [0.5, 0.6) is 0 Å². The number of aromatic nitrogens is 4. The molecule has 55 heavy (non-hydrogen) atoms. The molecule has 7 rings (SSSR count). The first-order valence-electron chi connectivity index (χ1n) is 19.9. The average Bonchev–Trinajstić information content (AvgIpc) is 4.04. The Balaban J connectivity index is 1.02. The number of hydrogen-bond donors (Lipinski definition) is 4. The summed E-state index contributed by atoms with van der Waals surface area (Å²) in [5.41, 5.74) is 4.58. The number of fused-ring (bicyclic) bond motifs is 2. The van der Waals surface area contributed by atoms with Crippen molar-refractivity contribution in [3.63, 3.8) is 0 Å². The fourth-order valence-corrected chi connectivity index (χ4v) is 9.78. The zero-order valence-electron chi connectivity index (χ0n) is 32.9. The number of nitrogens with one attached hydrogen (secondary N) is 4. The minimum atomic E-state index is -0.677. The Kier molecular flexibility index (Phi) is 10.7.